The lowest BCUT2D eigenvalue weighted by Gasteiger charge is -2.30. The van der Waals surface area contributed by atoms with Crippen LogP contribution >= 0.6 is 0 Å². The van der Waals surface area contributed by atoms with Crippen LogP contribution < -0.4 is 10.6 Å². The van der Waals surface area contributed by atoms with Crippen molar-refractivity contribution in [3.05, 3.63) is 71.3 Å². The SMILES string of the molecule is O=C(NC1CCC(Nc2cc(C(F)(F)F)c3ccccc3n2)CC1)c1ccc(F)c(F)c1. The normalized spacial score (nSPS) is 19.0. The highest BCUT2D eigenvalue weighted by molar-refractivity contribution is 5.94. The number of halogens is 5. The van der Waals surface area contributed by atoms with Crippen LogP contribution in [0.1, 0.15) is 41.6 Å². The molecule has 1 fully saturated rings. The predicted octanol–water partition coefficient (Wildman–Crippen LogP) is 5.68. The zero-order valence-electron chi connectivity index (χ0n) is 16.8. The largest absolute Gasteiger partial charge is 0.417 e. The van der Waals surface area contributed by atoms with Gasteiger partial charge in [0.2, 0.25) is 0 Å². The minimum atomic E-state index is -4.50. The average molecular weight is 449 g/mol. The van der Waals surface area contributed by atoms with Crippen LogP contribution in [0.5, 0.6) is 0 Å². The molecule has 1 aromatic heterocycles. The van der Waals surface area contributed by atoms with E-state index < -0.39 is 29.3 Å². The Morgan fingerprint density at radius 3 is 2.28 bits per heavy atom. The lowest BCUT2D eigenvalue weighted by Crippen LogP contribution is -2.40. The number of fused-ring (bicyclic) bond motifs is 1. The van der Waals surface area contributed by atoms with Crippen molar-refractivity contribution >= 4 is 22.6 Å². The Balaban J connectivity index is 1.39. The molecule has 0 atom stereocenters. The van der Waals surface area contributed by atoms with Gasteiger partial charge in [0.15, 0.2) is 11.6 Å². The van der Waals surface area contributed by atoms with Gasteiger partial charge < -0.3 is 10.6 Å². The molecule has 0 aliphatic heterocycles. The first-order chi connectivity index (χ1) is 15.2. The number of nitrogens with one attached hydrogen (secondary N) is 2. The Morgan fingerprint density at radius 1 is 0.906 bits per heavy atom. The maximum Gasteiger partial charge on any atom is 0.417 e. The lowest BCUT2D eigenvalue weighted by atomic mass is 9.91. The van der Waals surface area contributed by atoms with Gasteiger partial charge in [-0.2, -0.15) is 13.2 Å². The molecule has 0 bridgehead atoms. The second-order valence-electron chi connectivity index (χ2n) is 7.87. The molecule has 3 aromatic rings. The maximum atomic E-state index is 13.5. The van der Waals surface area contributed by atoms with E-state index >= 15 is 0 Å². The van der Waals surface area contributed by atoms with Crippen LogP contribution in [0.15, 0.2) is 48.5 Å². The molecular formula is C23H20F5N3O. The first-order valence-corrected chi connectivity index (χ1v) is 10.2. The van der Waals surface area contributed by atoms with Gasteiger partial charge in [-0.3, -0.25) is 4.79 Å². The second-order valence-corrected chi connectivity index (χ2v) is 7.87. The molecule has 9 heteroatoms. The van der Waals surface area contributed by atoms with Crippen molar-refractivity contribution in [3.63, 3.8) is 0 Å². The summed E-state index contributed by atoms with van der Waals surface area (Å²) in [7, 11) is 0. The Morgan fingerprint density at radius 2 is 1.59 bits per heavy atom. The number of benzene rings is 2. The van der Waals surface area contributed by atoms with Gasteiger partial charge >= 0.3 is 6.18 Å². The standard InChI is InChI=1S/C23H20F5N3O/c24-18-10-5-13(11-19(18)25)22(32)30-15-8-6-14(7-9-15)29-21-12-17(23(26,27)28)16-3-1-2-4-20(16)31-21/h1-5,10-12,14-15H,6-9H2,(H,29,31)(H,30,32). The minimum absolute atomic E-state index is 0.0317. The van der Waals surface area contributed by atoms with Crippen LogP contribution in [0.25, 0.3) is 10.9 Å². The minimum Gasteiger partial charge on any atom is -0.367 e. The highest BCUT2D eigenvalue weighted by atomic mass is 19.4. The third-order valence-electron chi connectivity index (χ3n) is 5.62. The van der Waals surface area contributed by atoms with E-state index in [-0.39, 0.29) is 34.4 Å². The van der Waals surface area contributed by atoms with Crippen molar-refractivity contribution in [2.24, 2.45) is 0 Å². The summed E-state index contributed by atoms with van der Waals surface area (Å²) in [5.41, 5.74) is -0.445. The molecule has 4 nitrogen and oxygen atoms in total. The van der Waals surface area contributed by atoms with E-state index in [2.05, 4.69) is 15.6 Å². The van der Waals surface area contributed by atoms with Crippen LogP contribution in [-0.2, 0) is 6.18 Å². The number of hydrogen-bond acceptors (Lipinski definition) is 3. The van der Waals surface area contributed by atoms with E-state index in [4.69, 9.17) is 0 Å². The van der Waals surface area contributed by atoms with E-state index in [1.54, 1.807) is 18.2 Å². The summed E-state index contributed by atoms with van der Waals surface area (Å²) >= 11 is 0. The molecule has 0 saturated heterocycles. The molecule has 4 rings (SSSR count). The van der Waals surface area contributed by atoms with E-state index in [9.17, 15) is 26.7 Å². The van der Waals surface area contributed by atoms with Crippen LogP contribution in [-0.4, -0.2) is 23.0 Å². The van der Waals surface area contributed by atoms with E-state index in [0.29, 0.717) is 25.7 Å². The van der Waals surface area contributed by atoms with Crippen molar-refractivity contribution in [1.29, 1.82) is 0 Å². The summed E-state index contributed by atoms with van der Waals surface area (Å²) in [4.78, 5) is 16.6. The predicted molar refractivity (Wildman–Crippen MR) is 110 cm³/mol. The third kappa shape index (κ3) is 4.81. The number of nitrogens with zero attached hydrogens (tertiary/aromatic N) is 1. The summed E-state index contributed by atoms with van der Waals surface area (Å²) in [5, 5.41) is 5.94. The monoisotopic (exact) mass is 449 g/mol. The number of pyridine rings is 1. The second kappa shape index (κ2) is 8.72. The number of carbonyl (C=O) groups is 1. The summed E-state index contributed by atoms with van der Waals surface area (Å²) in [6.07, 6.45) is -2.10. The molecule has 2 aromatic carbocycles. The number of alkyl halides is 3. The topological polar surface area (TPSA) is 54.0 Å². The molecule has 1 aliphatic rings. The lowest BCUT2D eigenvalue weighted by molar-refractivity contribution is -0.136. The number of rotatable bonds is 4. The van der Waals surface area contributed by atoms with Crippen molar-refractivity contribution < 1.29 is 26.7 Å². The molecule has 32 heavy (non-hydrogen) atoms. The molecule has 0 unspecified atom stereocenters. The van der Waals surface area contributed by atoms with E-state index in [0.717, 1.165) is 18.2 Å². The fraction of sp³-hybridized carbons (Fsp3) is 0.304. The van der Waals surface area contributed by atoms with E-state index in [1.165, 1.54) is 12.1 Å². The highest BCUT2D eigenvalue weighted by Gasteiger charge is 2.34. The van der Waals surface area contributed by atoms with Crippen molar-refractivity contribution in [3.8, 4) is 0 Å². The first-order valence-electron chi connectivity index (χ1n) is 10.2. The Hall–Kier alpha value is -3.23. The third-order valence-corrected chi connectivity index (χ3v) is 5.62. The number of anilines is 1. The van der Waals surface area contributed by atoms with Crippen molar-refractivity contribution in [2.75, 3.05) is 5.32 Å². The fourth-order valence-electron chi connectivity index (χ4n) is 3.98. The van der Waals surface area contributed by atoms with Gasteiger partial charge in [0.1, 0.15) is 5.82 Å². The van der Waals surface area contributed by atoms with Crippen molar-refractivity contribution in [2.45, 2.75) is 43.9 Å². The quantitative estimate of drug-likeness (QED) is 0.504. The zero-order valence-corrected chi connectivity index (χ0v) is 16.8. The van der Waals surface area contributed by atoms with Gasteiger partial charge in [0, 0.05) is 23.0 Å². The number of amides is 1. The fourth-order valence-corrected chi connectivity index (χ4v) is 3.98. The van der Waals surface area contributed by atoms with Gasteiger partial charge in [-0.1, -0.05) is 18.2 Å². The molecular weight excluding hydrogens is 429 g/mol. The Bertz CT molecular complexity index is 1140. The molecule has 0 radical (unpaired) electrons. The Kier molecular flexibility index (Phi) is 5.99. The van der Waals surface area contributed by atoms with Crippen LogP contribution in [0, 0.1) is 11.6 Å². The molecule has 1 heterocycles. The summed E-state index contributed by atoms with van der Waals surface area (Å²) in [5.74, 6) is -2.45. The van der Waals surface area contributed by atoms with Crippen LogP contribution in [0.4, 0.5) is 27.8 Å². The summed E-state index contributed by atoms with van der Waals surface area (Å²) in [6, 6.07) is 9.85. The van der Waals surface area contributed by atoms with Gasteiger partial charge in [-0.15, -0.1) is 0 Å². The number of hydrogen-bond donors (Lipinski definition) is 2. The summed E-state index contributed by atoms with van der Waals surface area (Å²) in [6.45, 7) is 0. The molecule has 0 spiro atoms. The molecule has 1 aliphatic carbocycles. The van der Waals surface area contributed by atoms with Crippen LogP contribution in [0.3, 0.4) is 0 Å². The number of carbonyl (C=O) groups excluding carboxylic acids is 1. The first kappa shape index (κ1) is 22.0. The summed E-state index contributed by atoms with van der Waals surface area (Å²) < 4.78 is 66.9. The molecule has 1 amide bonds. The van der Waals surface area contributed by atoms with E-state index in [1.807, 2.05) is 0 Å². The smallest absolute Gasteiger partial charge is 0.367 e. The van der Waals surface area contributed by atoms with Gasteiger partial charge in [-0.25, -0.2) is 13.8 Å². The van der Waals surface area contributed by atoms with Gasteiger partial charge in [-0.05, 0) is 56.0 Å². The molecule has 1 saturated carbocycles. The molecule has 2 N–H and O–H groups in total. The van der Waals surface area contributed by atoms with Gasteiger partial charge in [0.25, 0.3) is 5.91 Å². The zero-order chi connectivity index (χ0) is 22.9. The van der Waals surface area contributed by atoms with Gasteiger partial charge in [0.05, 0.1) is 11.1 Å². The maximum absolute atomic E-state index is 13.5. The highest BCUT2D eigenvalue weighted by Crippen LogP contribution is 2.36. The number of aromatic nitrogens is 1. The van der Waals surface area contributed by atoms with Crippen LogP contribution in [0.2, 0.25) is 0 Å². The molecule has 168 valence electrons. The van der Waals surface area contributed by atoms with Crippen molar-refractivity contribution in [1.82, 2.24) is 10.3 Å². The Labute approximate surface area is 180 Å². The number of para-hydroxylation sites is 1. The average Bonchev–Trinajstić information content (AvgIpc) is 2.75.